The zero-order chi connectivity index (χ0) is 16.2. The lowest BCUT2D eigenvalue weighted by Gasteiger charge is -2.31. The summed E-state index contributed by atoms with van der Waals surface area (Å²) < 4.78 is 0. The van der Waals surface area contributed by atoms with Crippen molar-refractivity contribution >= 4 is 28.7 Å². The Bertz CT molecular complexity index is 681. The zero-order valence-electron chi connectivity index (χ0n) is 13.4. The molecule has 0 unspecified atom stereocenters. The molecule has 4 nitrogen and oxygen atoms in total. The first-order valence-electron chi connectivity index (χ1n) is 7.98. The van der Waals surface area contributed by atoms with Crippen LogP contribution in [0.5, 0.6) is 0 Å². The first-order chi connectivity index (χ1) is 11.1. The van der Waals surface area contributed by atoms with Gasteiger partial charge in [-0.05, 0) is 36.2 Å². The summed E-state index contributed by atoms with van der Waals surface area (Å²) in [6, 6.07) is 12.1. The highest BCUT2D eigenvalue weighted by Gasteiger charge is 2.16. The zero-order valence-corrected chi connectivity index (χ0v) is 14.2. The number of halogens is 1. The van der Waals surface area contributed by atoms with Gasteiger partial charge in [-0.25, -0.2) is 0 Å². The van der Waals surface area contributed by atoms with Crippen molar-refractivity contribution in [3.8, 4) is 0 Å². The van der Waals surface area contributed by atoms with Crippen molar-refractivity contribution in [2.45, 2.75) is 13.5 Å². The summed E-state index contributed by atoms with van der Waals surface area (Å²) in [5.74, 6) is 0. The van der Waals surface area contributed by atoms with Crippen LogP contribution in [-0.4, -0.2) is 26.2 Å². The predicted molar refractivity (Wildman–Crippen MR) is 99.5 cm³/mol. The van der Waals surface area contributed by atoms with Gasteiger partial charge in [0, 0.05) is 37.7 Å². The molecular formula is C18H23ClN4. The number of nitrogens with one attached hydrogen (secondary N) is 2. The number of aryl methyl sites for hydroxylation is 1. The van der Waals surface area contributed by atoms with Crippen LogP contribution >= 0.6 is 11.6 Å². The van der Waals surface area contributed by atoms with Crippen molar-refractivity contribution < 1.29 is 0 Å². The molecule has 1 aliphatic rings. The molecule has 23 heavy (non-hydrogen) atoms. The lowest BCUT2D eigenvalue weighted by molar-refractivity contribution is 0.590. The maximum atomic E-state index is 6.46. The SMILES string of the molecule is Cc1ccc(N2CCNCC2)c(N)c1NCc1cccc(Cl)c1. The molecule has 0 amide bonds. The lowest BCUT2D eigenvalue weighted by atomic mass is 10.1. The van der Waals surface area contributed by atoms with Crippen molar-refractivity contribution in [1.82, 2.24) is 5.32 Å². The monoisotopic (exact) mass is 330 g/mol. The van der Waals surface area contributed by atoms with Crippen LogP contribution in [0.3, 0.4) is 0 Å². The lowest BCUT2D eigenvalue weighted by Crippen LogP contribution is -2.43. The van der Waals surface area contributed by atoms with Crippen LogP contribution < -0.4 is 21.3 Å². The van der Waals surface area contributed by atoms with Crippen LogP contribution in [0.25, 0.3) is 0 Å². The molecule has 0 atom stereocenters. The molecular weight excluding hydrogens is 308 g/mol. The molecule has 0 bridgehead atoms. The summed E-state index contributed by atoms with van der Waals surface area (Å²) in [6.07, 6.45) is 0. The van der Waals surface area contributed by atoms with Crippen LogP contribution in [0.2, 0.25) is 5.02 Å². The fourth-order valence-electron chi connectivity index (χ4n) is 2.97. The Morgan fingerprint density at radius 3 is 2.74 bits per heavy atom. The third kappa shape index (κ3) is 3.71. The average Bonchev–Trinajstić information content (AvgIpc) is 2.55. The third-order valence-corrected chi connectivity index (χ3v) is 4.48. The second kappa shape index (κ2) is 7.11. The van der Waals surface area contributed by atoms with E-state index in [4.69, 9.17) is 17.3 Å². The maximum Gasteiger partial charge on any atom is 0.0790 e. The van der Waals surface area contributed by atoms with E-state index in [0.29, 0.717) is 6.54 Å². The van der Waals surface area contributed by atoms with Crippen molar-refractivity contribution in [3.63, 3.8) is 0 Å². The van der Waals surface area contributed by atoms with Gasteiger partial charge in [0.2, 0.25) is 0 Å². The summed E-state index contributed by atoms with van der Waals surface area (Å²) in [6.45, 7) is 6.76. The molecule has 1 aliphatic heterocycles. The van der Waals surface area contributed by atoms with Crippen LogP contribution in [0.4, 0.5) is 17.1 Å². The molecule has 5 heteroatoms. The summed E-state index contributed by atoms with van der Waals surface area (Å²) in [4.78, 5) is 2.34. The van der Waals surface area contributed by atoms with E-state index in [9.17, 15) is 0 Å². The van der Waals surface area contributed by atoms with Crippen LogP contribution in [-0.2, 0) is 6.54 Å². The Labute approximate surface area is 142 Å². The second-order valence-electron chi connectivity index (χ2n) is 5.91. The molecule has 122 valence electrons. The summed E-state index contributed by atoms with van der Waals surface area (Å²) in [7, 11) is 0. The van der Waals surface area contributed by atoms with Gasteiger partial charge in [0.05, 0.1) is 17.1 Å². The highest BCUT2D eigenvalue weighted by Crippen LogP contribution is 2.34. The molecule has 0 aromatic heterocycles. The number of hydrogen-bond acceptors (Lipinski definition) is 4. The van der Waals surface area contributed by atoms with Gasteiger partial charge in [-0.3, -0.25) is 0 Å². The van der Waals surface area contributed by atoms with E-state index in [2.05, 4.69) is 40.7 Å². The summed E-state index contributed by atoms with van der Waals surface area (Å²) in [5, 5.41) is 7.60. The van der Waals surface area contributed by atoms with Gasteiger partial charge in [0.1, 0.15) is 0 Å². The highest BCUT2D eigenvalue weighted by molar-refractivity contribution is 6.30. The Balaban J connectivity index is 1.80. The van der Waals surface area contributed by atoms with E-state index < -0.39 is 0 Å². The molecule has 3 rings (SSSR count). The Morgan fingerprint density at radius 2 is 2.00 bits per heavy atom. The molecule has 0 radical (unpaired) electrons. The minimum absolute atomic E-state index is 0.705. The van der Waals surface area contributed by atoms with Crippen LogP contribution in [0, 0.1) is 6.92 Å². The van der Waals surface area contributed by atoms with E-state index in [0.717, 1.165) is 59.4 Å². The molecule has 2 aromatic carbocycles. The van der Waals surface area contributed by atoms with Crippen LogP contribution in [0.1, 0.15) is 11.1 Å². The number of nitrogens with zero attached hydrogens (tertiary/aromatic N) is 1. The minimum atomic E-state index is 0.705. The Hall–Kier alpha value is -1.91. The smallest absolute Gasteiger partial charge is 0.0790 e. The summed E-state index contributed by atoms with van der Waals surface area (Å²) in [5.41, 5.74) is 11.7. The number of nitrogens with two attached hydrogens (primary N) is 1. The molecule has 0 spiro atoms. The van der Waals surface area contributed by atoms with E-state index in [1.807, 2.05) is 18.2 Å². The number of nitrogen functional groups attached to an aromatic ring is 1. The molecule has 1 heterocycles. The van der Waals surface area contributed by atoms with Gasteiger partial charge in [-0.1, -0.05) is 29.8 Å². The minimum Gasteiger partial charge on any atom is -0.395 e. The van der Waals surface area contributed by atoms with E-state index in [1.165, 1.54) is 0 Å². The van der Waals surface area contributed by atoms with E-state index in [1.54, 1.807) is 0 Å². The quantitative estimate of drug-likeness (QED) is 0.753. The van der Waals surface area contributed by atoms with E-state index >= 15 is 0 Å². The number of rotatable bonds is 4. The Morgan fingerprint density at radius 1 is 1.22 bits per heavy atom. The number of anilines is 3. The van der Waals surface area contributed by atoms with E-state index in [-0.39, 0.29) is 0 Å². The van der Waals surface area contributed by atoms with Crippen LogP contribution in [0.15, 0.2) is 36.4 Å². The van der Waals surface area contributed by atoms with Gasteiger partial charge in [-0.15, -0.1) is 0 Å². The van der Waals surface area contributed by atoms with Crippen molar-refractivity contribution in [1.29, 1.82) is 0 Å². The Kier molecular flexibility index (Phi) is 4.94. The predicted octanol–water partition coefficient (Wildman–Crippen LogP) is 3.25. The fourth-order valence-corrected chi connectivity index (χ4v) is 3.18. The average molecular weight is 331 g/mol. The second-order valence-corrected chi connectivity index (χ2v) is 6.35. The summed E-state index contributed by atoms with van der Waals surface area (Å²) >= 11 is 6.05. The van der Waals surface area contributed by atoms with Crippen molar-refractivity contribution in [2.24, 2.45) is 0 Å². The van der Waals surface area contributed by atoms with Gasteiger partial charge in [0.25, 0.3) is 0 Å². The molecule has 4 N–H and O–H groups in total. The molecule has 1 fully saturated rings. The molecule has 1 saturated heterocycles. The maximum absolute atomic E-state index is 6.46. The third-order valence-electron chi connectivity index (χ3n) is 4.25. The number of benzene rings is 2. The molecule has 0 aliphatic carbocycles. The first-order valence-corrected chi connectivity index (χ1v) is 8.36. The van der Waals surface area contributed by atoms with Gasteiger partial charge in [0.15, 0.2) is 0 Å². The van der Waals surface area contributed by atoms with Gasteiger partial charge in [-0.2, -0.15) is 0 Å². The van der Waals surface area contributed by atoms with Crippen molar-refractivity contribution in [2.75, 3.05) is 42.1 Å². The fraction of sp³-hybridized carbons (Fsp3) is 0.333. The standard InChI is InChI=1S/C18H23ClN4/c1-13-5-6-16(23-9-7-21-8-10-23)17(20)18(13)22-12-14-3-2-4-15(19)11-14/h2-6,11,21-22H,7-10,12,20H2,1H3. The van der Waals surface area contributed by atoms with Gasteiger partial charge < -0.3 is 21.3 Å². The highest BCUT2D eigenvalue weighted by atomic mass is 35.5. The molecule has 2 aromatic rings. The molecule has 0 saturated carbocycles. The number of hydrogen-bond donors (Lipinski definition) is 3. The van der Waals surface area contributed by atoms with Crippen molar-refractivity contribution in [3.05, 3.63) is 52.5 Å². The normalized spacial score (nSPS) is 14.8. The largest absolute Gasteiger partial charge is 0.395 e. The first kappa shape index (κ1) is 16.0. The number of piperazine rings is 1. The van der Waals surface area contributed by atoms with Gasteiger partial charge >= 0.3 is 0 Å². The topological polar surface area (TPSA) is 53.3 Å².